The molecular formula is C32H37FN4O5. The first-order valence-electron chi connectivity index (χ1n) is 14.5. The summed E-state index contributed by atoms with van der Waals surface area (Å²) in [5.74, 6) is -2.73. The number of rotatable bonds is 5. The molecule has 222 valence electrons. The molecule has 0 spiro atoms. The number of likely N-dealkylation sites (N-methyl/N-ethyl adjacent to an activating group) is 1. The Kier molecular flexibility index (Phi) is 7.22. The second-order valence-corrected chi connectivity index (χ2v) is 12.2. The monoisotopic (exact) mass is 576 g/mol. The highest BCUT2D eigenvalue weighted by Gasteiger charge is 2.52. The quantitative estimate of drug-likeness (QED) is 0.427. The number of aliphatic hydroxyl groups is 2. The van der Waals surface area contributed by atoms with E-state index in [1.807, 2.05) is 11.0 Å². The van der Waals surface area contributed by atoms with Gasteiger partial charge in [-0.1, -0.05) is 6.07 Å². The van der Waals surface area contributed by atoms with E-state index in [1.165, 1.54) is 12.1 Å². The van der Waals surface area contributed by atoms with Crippen molar-refractivity contribution >= 4 is 23.1 Å². The predicted molar refractivity (Wildman–Crippen MR) is 156 cm³/mol. The Bertz CT molecular complexity index is 1490. The van der Waals surface area contributed by atoms with Crippen molar-refractivity contribution in [3.63, 3.8) is 0 Å². The molecule has 1 amide bonds. The molecule has 1 unspecified atom stereocenters. The van der Waals surface area contributed by atoms with E-state index in [-0.39, 0.29) is 52.7 Å². The van der Waals surface area contributed by atoms with Crippen LogP contribution in [0.4, 0.5) is 10.1 Å². The molecule has 2 aromatic carbocycles. The standard InChI is InChI=1S/C32H37FN4O5/c1-35(2)28-22-14-18-13-21-17(16-36-9-11-37(12-10-36)20-6-4-19(33)5-7-20)3-8-25(38)27(21)31(41)26(18)29(39)23(22)15-24(30(28)40)32(34)42/h3-8,18,22-23,28,38,40-41H,9-16H2,1-2H3,(H2,34,42)/t18-,22+,23?,28-/m0/s1. The van der Waals surface area contributed by atoms with E-state index in [0.717, 1.165) is 43.0 Å². The molecule has 0 aromatic heterocycles. The van der Waals surface area contributed by atoms with Gasteiger partial charge in [0.2, 0.25) is 5.91 Å². The lowest BCUT2D eigenvalue weighted by molar-refractivity contribution is -0.125. The van der Waals surface area contributed by atoms with E-state index in [1.54, 1.807) is 32.3 Å². The summed E-state index contributed by atoms with van der Waals surface area (Å²) >= 11 is 0. The number of phenolic OH excluding ortho intramolecular Hbond substituents is 1. The molecule has 1 heterocycles. The van der Waals surface area contributed by atoms with Crippen LogP contribution in [0.25, 0.3) is 5.76 Å². The highest BCUT2D eigenvalue weighted by atomic mass is 19.1. The van der Waals surface area contributed by atoms with Crippen molar-refractivity contribution in [1.82, 2.24) is 9.80 Å². The Hall–Kier alpha value is -3.89. The van der Waals surface area contributed by atoms with Crippen LogP contribution in [-0.4, -0.2) is 83.1 Å². The van der Waals surface area contributed by atoms with Gasteiger partial charge in [0.15, 0.2) is 5.78 Å². The maximum Gasteiger partial charge on any atom is 0.248 e. The molecular weight excluding hydrogens is 539 g/mol. The van der Waals surface area contributed by atoms with E-state index >= 15 is 0 Å². The van der Waals surface area contributed by atoms with Gasteiger partial charge in [0, 0.05) is 49.9 Å². The summed E-state index contributed by atoms with van der Waals surface area (Å²) in [6.07, 6.45) is 1.05. The van der Waals surface area contributed by atoms with Crippen LogP contribution in [0.2, 0.25) is 0 Å². The Balaban J connectivity index is 1.27. The number of carbonyl (C=O) groups is 2. The van der Waals surface area contributed by atoms with Crippen molar-refractivity contribution in [2.75, 3.05) is 45.2 Å². The molecule has 1 saturated heterocycles. The average Bonchev–Trinajstić information content (AvgIpc) is 2.94. The van der Waals surface area contributed by atoms with Crippen LogP contribution in [-0.2, 0) is 22.6 Å². The number of allylic oxidation sites excluding steroid dienone is 1. The summed E-state index contributed by atoms with van der Waals surface area (Å²) in [4.78, 5) is 32.4. The van der Waals surface area contributed by atoms with Crippen LogP contribution in [0.1, 0.15) is 29.5 Å². The number of nitrogens with two attached hydrogens (primary N) is 1. The zero-order valence-electron chi connectivity index (χ0n) is 23.9. The first-order chi connectivity index (χ1) is 20.0. The number of hydrogen-bond donors (Lipinski definition) is 4. The number of halogens is 1. The SMILES string of the molecule is CN(C)[C@@H]1C(O)=C(C(N)=O)CC2C(=O)C3=C(O)c4c(O)ccc(CN5CCN(c6ccc(F)cc6)CC5)c4C[C@H]3C[C@H]21. The van der Waals surface area contributed by atoms with Gasteiger partial charge in [-0.15, -0.1) is 0 Å². The lowest BCUT2D eigenvalue weighted by atomic mass is 9.60. The second kappa shape index (κ2) is 10.7. The summed E-state index contributed by atoms with van der Waals surface area (Å²) in [7, 11) is 3.61. The molecule has 3 aliphatic carbocycles. The number of aliphatic hydroxyl groups excluding tert-OH is 2. The van der Waals surface area contributed by atoms with Crippen LogP contribution < -0.4 is 10.6 Å². The van der Waals surface area contributed by atoms with Gasteiger partial charge in [-0.05, 0) is 86.7 Å². The maximum absolute atomic E-state index is 13.9. The number of phenols is 1. The van der Waals surface area contributed by atoms with Crippen molar-refractivity contribution < 1.29 is 29.3 Å². The molecule has 1 saturated carbocycles. The van der Waals surface area contributed by atoms with E-state index < -0.39 is 17.9 Å². The lowest BCUT2D eigenvalue weighted by Crippen LogP contribution is -2.52. The van der Waals surface area contributed by atoms with Gasteiger partial charge in [0.05, 0.1) is 17.2 Å². The largest absolute Gasteiger partial charge is 0.510 e. The topological polar surface area (TPSA) is 131 Å². The molecule has 1 aliphatic heterocycles. The smallest absolute Gasteiger partial charge is 0.248 e. The highest BCUT2D eigenvalue weighted by Crippen LogP contribution is 2.51. The van der Waals surface area contributed by atoms with E-state index in [0.29, 0.717) is 30.5 Å². The third-order valence-electron chi connectivity index (χ3n) is 9.65. The molecule has 2 aromatic rings. The van der Waals surface area contributed by atoms with Gasteiger partial charge in [0.25, 0.3) is 0 Å². The van der Waals surface area contributed by atoms with Gasteiger partial charge in [-0.25, -0.2) is 4.39 Å². The minimum absolute atomic E-state index is 0.0291. The number of fused-ring (bicyclic) bond motifs is 3. The Morgan fingerprint density at radius 1 is 1.02 bits per heavy atom. The number of amides is 1. The number of benzene rings is 2. The molecule has 6 rings (SSSR count). The van der Waals surface area contributed by atoms with Gasteiger partial charge >= 0.3 is 0 Å². The molecule has 4 atom stereocenters. The predicted octanol–water partition coefficient (Wildman–Crippen LogP) is 3.13. The number of nitrogens with zero attached hydrogens (tertiary/aromatic N) is 3. The van der Waals surface area contributed by atoms with Crippen molar-refractivity contribution in [2.45, 2.75) is 31.8 Å². The zero-order chi connectivity index (χ0) is 29.9. The number of hydrogen-bond acceptors (Lipinski definition) is 8. The number of Topliss-reactive ketones (excluding diaryl/α,β-unsaturated/α-hetero) is 1. The normalized spacial score (nSPS) is 26.3. The third kappa shape index (κ3) is 4.72. The van der Waals surface area contributed by atoms with E-state index in [4.69, 9.17) is 5.73 Å². The first-order valence-corrected chi connectivity index (χ1v) is 14.5. The number of primary amides is 1. The molecule has 42 heavy (non-hydrogen) atoms. The molecule has 0 bridgehead atoms. The van der Waals surface area contributed by atoms with E-state index in [2.05, 4.69) is 9.80 Å². The van der Waals surface area contributed by atoms with Gasteiger partial charge in [0.1, 0.15) is 23.1 Å². The van der Waals surface area contributed by atoms with Crippen LogP contribution in [0, 0.1) is 23.6 Å². The van der Waals surface area contributed by atoms with Crippen molar-refractivity contribution in [2.24, 2.45) is 23.5 Å². The van der Waals surface area contributed by atoms with Crippen LogP contribution in [0.3, 0.4) is 0 Å². The summed E-state index contributed by atoms with van der Waals surface area (Å²) in [6.45, 7) is 3.80. The van der Waals surface area contributed by atoms with Crippen LogP contribution in [0.15, 0.2) is 53.3 Å². The van der Waals surface area contributed by atoms with Gasteiger partial charge in [-0.3, -0.25) is 19.4 Å². The lowest BCUT2D eigenvalue weighted by Gasteiger charge is -2.47. The first kappa shape index (κ1) is 28.2. The summed E-state index contributed by atoms with van der Waals surface area (Å²) < 4.78 is 13.4. The number of anilines is 1. The molecule has 2 fully saturated rings. The molecule has 4 aliphatic rings. The summed E-state index contributed by atoms with van der Waals surface area (Å²) in [5.41, 5.74) is 9.05. The maximum atomic E-state index is 13.9. The third-order valence-corrected chi connectivity index (χ3v) is 9.65. The Morgan fingerprint density at radius 3 is 2.36 bits per heavy atom. The fourth-order valence-corrected chi connectivity index (χ4v) is 7.62. The van der Waals surface area contributed by atoms with Crippen molar-refractivity contribution in [3.8, 4) is 5.75 Å². The summed E-state index contributed by atoms with van der Waals surface area (Å²) in [6, 6.07) is 9.46. The van der Waals surface area contributed by atoms with Crippen molar-refractivity contribution in [3.05, 3.63) is 75.8 Å². The zero-order valence-corrected chi connectivity index (χ0v) is 23.9. The van der Waals surface area contributed by atoms with Crippen LogP contribution >= 0.6 is 0 Å². The van der Waals surface area contributed by atoms with Crippen molar-refractivity contribution in [1.29, 1.82) is 0 Å². The average molecular weight is 577 g/mol. The van der Waals surface area contributed by atoms with E-state index in [9.17, 15) is 29.3 Å². The second-order valence-electron chi connectivity index (χ2n) is 12.2. The highest BCUT2D eigenvalue weighted by molar-refractivity contribution is 6.06. The van der Waals surface area contributed by atoms with Gasteiger partial charge in [-0.2, -0.15) is 0 Å². The molecule has 10 heteroatoms. The summed E-state index contributed by atoms with van der Waals surface area (Å²) in [5, 5.41) is 33.3. The minimum Gasteiger partial charge on any atom is -0.510 e. The Labute approximate surface area is 244 Å². The molecule has 5 N–H and O–H groups in total. The number of piperazine rings is 1. The number of carbonyl (C=O) groups excluding carboxylic acids is 2. The molecule has 9 nitrogen and oxygen atoms in total. The van der Waals surface area contributed by atoms with Crippen LogP contribution in [0.5, 0.6) is 5.75 Å². The Morgan fingerprint density at radius 2 is 1.71 bits per heavy atom. The number of aromatic hydroxyl groups is 1. The number of ketones is 1. The van der Waals surface area contributed by atoms with Gasteiger partial charge < -0.3 is 26.0 Å². The fourth-order valence-electron chi connectivity index (χ4n) is 7.62. The fraction of sp³-hybridized carbons (Fsp3) is 0.438. The molecule has 0 radical (unpaired) electrons. The minimum atomic E-state index is -0.749.